The minimum Gasteiger partial charge on any atom is -0.496 e. The highest BCUT2D eigenvalue weighted by atomic mass is 79.9. The molecule has 24 heavy (non-hydrogen) atoms. The number of nitrogens with one attached hydrogen (secondary N) is 1. The summed E-state index contributed by atoms with van der Waals surface area (Å²) < 4.78 is 9.08. The molecular weight excluding hydrogens is 394 g/mol. The molecule has 1 N–H and O–H groups in total. The highest BCUT2D eigenvalue weighted by molar-refractivity contribution is 9.10. The van der Waals surface area contributed by atoms with E-state index in [1.807, 2.05) is 42.8 Å². The molecule has 1 unspecified atom stereocenters. The fraction of sp³-hybridized carbons (Fsp3) is 0.267. The Morgan fingerprint density at radius 1 is 1.33 bits per heavy atom. The van der Waals surface area contributed by atoms with E-state index in [4.69, 9.17) is 4.74 Å². The van der Waals surface area contributed by atoms with E-state index in [-0.39, 0.29) is 5.69 Å². The van der Waals surface area contributed by atoms with Crippen LogP contribution in [0.1, 0.15) is 5.56 Å². The SMILES string of the molecule is COc1ccc(Br)cc1C[NH+](C)Cn1nnn(-c2cccs2)c1=O. The Morgan fingerprint density at radius 3 is 2.88 bits per heavy atom. The number of ether oxygens (including phenoxy) is 1. The number of rotatable bonds is 6. The van der Waals surface area contributed by atoms with Crippen molar-refractivity contribution in [3.63, 3.8) is 0 Å². The van der Waals surface area contributed by atoms with Gasteiger partial charge in [0.1, 0.15) is 17.3 Å². The van der Waals surface area contributed by atoms with Gasteiger partial charge in [0.25, 0.3) is 0 Å². The Balaban J connectivity index is 1.75. The lowest BCUT2D eigenvalue weighted by atomic mass is 10.2. The van der Waals surface area contributed by atoms with Crippen LogP contribution in [-0.4, -0.2) is 33.9 Å². The summed E-state index contributed by atoms with van der Waals surface area (Å²) in [4.78, 5) is 13.5. The van der Waals surface area contributed by atoms with E-state index in [1.54, 1.807) is 7.11 Å². The molecule has 0 saturated carbocycles. The number of nitrogens with zero attached hydrogens (tertiary/aromatic N) is 4. The number of quaternary nitrogens is 1. The molecule has 1 aromatic carbocycles. The minimum atomic E-state index is -0.238. The second-order valence-electron chi connectivity index (χ2n) is 5.37. The molecule has 0 bridgehead atoms. The van der Waals surface area contributed by atoms with Crippen molar-refractivity contribution in [2.75, 3.05) is 14.2 Å². The summed E-state index contributed by atoms with van der Waals surface area (Å²) >= 11 is 4.92. The van der Waals surface area contributed by atoms with Crippen LogP contribution in [0.5, 0.6) is 5.75 Å². The molecule has 0 aliphatic heterocycles. The molecule has 7 nitrogen and oxygen atoms in total. The second-order valence-corrected chi connectivity index (χ2v) is 7.21. The fourth-order valence-electron chi connectivity index (χ4n) is 2.42. The number of halogens is 1. The van der Waals surface area contributed by atoms with Crippen LogP contribution in [0.4, 0.5) is 0 Å². The Hall–Kier alpha value is -1.97. The highest BCUT2D eigenvalue weighted by Gasteiger charge is 2.15. The van der Waals surface area contributed by atoms with Gasteiger partial charge in [0.15, 0.2) is 6.67 Å². The quantitative estimate of drug-likeness (QED) is 0.656. The van der Waals surface area contributed by atoms with Crippen molar-refractivity contribution < 1.29 is 9.64 Å². The number of aromatic nitrogens is 4. The molecule has 126 valence electrons. The molecule has 0 aliphatic rings. The maximum Gasteiger partial charge on any atom is 0.374 e. The van der Waals surface area contributed by atoms with Gasteiger partial charge in [0.05, 0.1) is 14.2 Å². The van der Waals surface area contributed by atoms with Gasteiger partial charge in [-0.2, -0.15) is 0 Å². The van der Waals surface area contributed by atoms with Gasteiger partial charge in [0.2, 0.25) is 0 Å². The van der Waals surface area contributed by atoms with Crippen LogP contribution in [0, 0.1) is 0 Å². The molecule has 2 aromatic heterocycles. The predicted molar refractivity (Wildman–Crippen MR) is 94.8 cm³/mol. The molecule has 0 aliphatic carbocycles. The zero-order chi connectivity index (χ0) is 17.1. The minimum absolute atomic E-state index is 0.238. The standard InChI is InChI=1S/C15H16BrN5O2S/c1-19(9-11-8-12(16)5-6-13(11)23-2)10-20-15(22)21(18-17-20)14-4-3-7-24-14/h3-8H,9-10H2,1-2H3/p+1. The average Bonchev–Trinajstić information content (AvgIpc) is 3.18. The van der Waals surface area contributed by atoms with Crippen LogP contribution >= 0.6 is 27.3 Å². The van der Waals surface area contributed by atoms with Gasteiger partial charge >= 0.3 is 5.69 Å². The molecule has 3 aromatic rings. The highest BCUT2D eigenvalue weighted by Crippen LogP contribution is 2.22. The first-order chi connectivity index (χ1) is 11.6. The topological polar surface area (TPSA) is 66.4 Å². The van der Waals surface area contributed by atoms with Gasteiger partial charge in [-0.25, -0.2) is 4.79 Å². The number of thiophene rings is 1. The van der Waals surface area contributed by atoms with E-state index in [2.05, 4.69) is 26.4 Å². The Bertz CT molecular complexity index is 874. The number of hydrogen-bond acceptors (Lipinski definition) is 5. The van der Waals surface area contributed by atoms with E-state index in [0.29, 0.717) is 13.2 Å². The third kappa shape index (κ3) is 3.58. The average molecular weight is 411 g/mol. The molecular formula is C15H17BrN5O2S+. The molecule has 3 rings (SSSR count). The summed E-state index contributed by atoms with van der Waals surface area (Å²) in [5.74, 6) is 0.826. The van der Waals surface area contributed by atoms with Crippen molar-refractivity contribution >= 4 is 27.3 Å². The van der Waals surface area contributed by atoms with E-state index in [0.717, 1.165) is 25.7 Å². The van der Waals surface area contributed by atoms with Gasteiger partial charge in [-0.05, 0) is 46.1 Å². The van der Waals surface area contributed by atoms with Crippen molar-refractivity contribution in [1.82, 2.24) is 19.8 Å². The summed E-state index contributed by atoms with van der Waals surface area (Å²) in [6.45, 7) is 1.11. The Kier molecular flexibility index (Phi) is 5.12. The smallest absolute Gasteiger partial charge is 0.374 e. The van der Waals surface area contributed by atoms with Crippen LogP contribution in [0.15, 0.2) is 45.0 Å². The summed E-state index contributed by atoms with van der Waals surface area (Å²) in [7, 11) is 3.65. The number of methoxy groups -OCH3 is 1. The zero-order valence-electron chi connectivity index (χ0n) is 13.3. The first-order valence-electron chi connectivity index (χ1n) is 7.29. The van der Waals surface area contributed by atoms with Crippen LogP contribution in [0.3, 0.4) is 0 Å². The monoisotopic (exact) mass is 410 g/mol. The largest absolute Gasteiger partial charge is 0.496 e. The lowest BCUT2D eigenvalue weighted by Crippen LogP contribution is -3.07. The van der Waals surface area contributed by atoms with E-state index in [9.17, 15) is 4.79 Å². The second kappa shape index (κ2) is 7.29. The van der Waals surface area contributed by atoms with Crippen molar-refractivity contribution in [2.24, 2.45) is 0 Å². The molecule has 0 radical (unpaired) electrons. The molecule has 0 amide bonds. The first-order valence-corrected chi connectivity index (χ1v) is 8.96. The summed E-state index contributed by atoms with van der Waals surface area (Å²) in [5.41, 5.74) is 0.820. The van der Waals surface area contributed by atoms with Crippen molar-refractivity contribution in [2.45, 2.75) is 13.2 Å². The summed E-state index contributed by atoms with van der Waals surface area (Å²) in [6.07, 6.45) is 0. The molecule has 0 spiro atoms. The van der Waals surface area contributed by atoms with Gasteiger partial charge in [-0.1, -0.05) is 15.9 Å². The molecule has 2 heterocycles. The first kappa shape index (κ1) is 16.9. The molecule has 0 saturated heterocycles. The number of benzene rings is 1. The Morgan fingerprint density at radius 2 is 2.17 bits per heavy atom. The van der Waals surface area contributed by atoms with Crippen LogP contribution < -0.4 is 15.3 Å². The van der Waals surface area contributed by atoms with Crippen molar-refractivity contribution in [3.05, 3.63) is 56.2 Å². The third-order valence-corrected chi connectivity index (χ3v) is 4.85. The Labute approximate surface area is 151 Å². The fourth-order valence-corrected chi connectivity index (χ4v) is 3.50. The normalized spacial score (nSPS) is 12.3. The van der Waals surface area contributed by atoms with Crippen molar-refractivity contribution in [1.29, 1.82) is 0 Å². The van der Waals surface area contributed by atoms with E-state index < -0.39 is 0 Å². The van der Waals surface area contributed by atoms with Gasteiger partial charge < -0.3 is 9.64 Å². The number of tetrazole rings is 1. The van der Waals surface area contributed by atoms with Crippen LogP contribution in [-0.2, 0) is 13.2 Å². The van der Waals surface area contributed by atoms with Crippen molar-refractivity contribution in [3.8, 4) is 10.8 Å². The lowest BCUT2D eigenvalue weighted by Gasteiger charge is -2.15. The van der Waals surface area contributed by atoms with Gasteiger partial charge in [-0.3, -0.25) is 0 Å². The lowest BCUT2D eigenvalue weighted by molar-refractivity contribution is -0.917. The third-order valence-electron chi connectivity index (χ3n) is 3.51. The van der Waals surface area contributed by atoms with Crippen LogP contribution in [0.25, 0.3) is 5.00 Å². The molecule has 1 atom stereocenters. The van der Waals surface area contributed by atoms with E-state index >= 15 is 0 Å². The van der Waals surface area contributed by atoms with E-state index in [1.165, 1.54) is 20.7 Å². The summed E-state index contributed by atoms with van der Waals surface area (Å²) in [6, 6.07) is 9.60. The van der Waals surface area contributed by atoms with Gasteiger partial charge in [-0.15, -0.1) is 20.7 Å². The van der Waals surface area contributed by atoms with Crippen LogP contribution in [0.2, 0.25) is 0 Å². The molecule has 9 heteroatoms. The van der Waals surface area contributed by atoms with Gasteiger partial charge in [0, 0.05) is 10.0 Å². The number of hydrogen-bond donors (Lipinski definition) is 1. The molecule has 0 fully saturated rings. The predicted octanol–water partition coefficient (Wildman–Crippen LogP) is 0.934. The summed E-state index contributed by atoms with van der Waals surface area (Å²) in [5, 5.41) is 10.6. The zero-order valence-corrected chi connectivity index (χ0v) is 15.7. The maximum atomic E-state index is 12.4. The maximum absolute atomic E-state index is 12.4.